The number of hydrogen-bond donors (Lipinski definition) is 0. The van der Waals surface area contributed by atoms with E-state index in [9.17, 15) is 9.59 Å². The molecule has 120 valence electrons. The Kier molecular flexibility index (Phi) is 4.18. The summed E-state index contributed by atoms with van der Waals surface area (Å²) in [5.41, 5.74) is 1.39. The molecule has 3 rings (SSSR count). The van der Waals surface area contributed by atoms with Gasteiger partial charge < -0.3 is 14.3 Å². The second-order valence-electron chi connectivity index (χ2n) is 6.38. The number of aromatic nitrogens is 1. The molecule has 2 aliphatic rings. The molecular weight excluding hydrogens is 282 g/mol. The van der Waals surface area contributed by atoms with Gasteiger partial charge in [0.2, 0.25) is 5.91 Å². The van der Waals surface area contributed by atoms with Crippen LogP contribution in [0.4, 0.5) is 0 Å². The zero-order chi connectivity index (χ0) is 15.7. The number of hydrogen-bond acceptors (Lipinski definition) is 4. The summed E-state index contributed by atoms with van der Waals surface area (Å²) in [6, 6.07) is -0.361. The maximum Gasteiger partial charge on any atom is 0.277 e. The van der Waals surface area contributed by atoms with Crippen LogP contribution in [-0.2, 0) is 17.6 Å². The number of carbonyl (C=O) groups is 2. The molecule has 1 aromatic heterocycles. The SMILES string of the molecule is CN(C)C(=O)C1CCCN1C(=O)c1noc2c1CCCCC2. The van der Waals surface area contributed by atoms with Gasteiger partial charge in [-0.25, -0.2) is 0 Å². The third-order valence-electron chi connectivity index (χ3n) is 4.64. The van der Waals surface area contributed by atoms with E-state index in [0.29, 0.717) is 12.2 Å². The zero-order valence-corrected chi connectivity index (χ0v) is 13.3. The molecule has 1 aliphatic carbocycles. The number of nitrogens with zero attached hydrogens (tertiary/aromatic N) is 3. The number of rotatable bonds is 2. The summed E-state index contributed by atoms with van der Waals surface area (Å²) >= 11 is 0. The second kappa shape index (κ2) is 6.10. The van der Waals surface area contributed by atoms with E-state index in [1.165, 1.54) is 0 Å². The third-order valence-corrected chi connectivity index (χ3v) is 4.64. The molecular formula is C16H23N3O3. The van der Waals surface area contributed by atoms with Gasteiger partial charge in [-0.15, -0.1) is 0 Å². The number of amides is 2. The molecule has 22 heavy (non-hydrogen) atoms. The average molecular weight is 305 g/mol. The molecule has 0 N–H and O–H groups in total. The van der Waals surface area contributed by atoms with Crippen LogP contribution in [-0.4, -0.2) is 53.5 Å². The van der Waals surface area contributed by atoms with Gasteiger partial charge in [-0.3, -0.25) is 9.59 Å². The van der Waals surface area contributed by atoms with Crippen LogP contribution in [0.5, 0.6) is 0 Å². The van der Waals surface area contributed by atoms with Crippen molar-refractivity contribution in [2.75, 3.05) is 20.6 Å². The highest BCUT2D eigenvalue weighted by atomic mass is 16.5. The van der Waals surface area contributed by atoms with Gasteiger partial charge in [-0.2, -0.15) is 0 Å². The molecule has 2 heterocycles. The topological polar surface area (TPSA) is 66.7 Å². The molecule has 1 fully saturated rings. The van der Waals surface area contributed by atoms with Gasteiger partial charge >= 0.3 is 0 Å². The fourth-order valence-corrected chi connectivity index (χ4v) is 3.43. The fraction of sp³-hybridized carbons (Fsp3) is 0.688. The van der Waals surface area contributed by atoms with Gasteiger partial charge in [0.15, 0.2) is 5.69 Å². The maximum atomic E-state index is 12.9. The Balaban J connectivity index is 1.84. The van der Waals surface area contributed by atoms with Crippen molar-refractivity contribution in [1.29, 1.82) is 0 Å². The zero-order valence-electron chi connectivity index (χ0n) is 13.3. The smallest absolute Gasteiger partial charge is 0.277 e. The van der Waals surface area contributed by atoms with Crippen LogP contribution in [0, 0.1) is 0 Å². The molecule has 1 atom stereocenters. The first-order chi connectivity index (χ1) is 10.6. The Labute approximate surface area is 130 Å². The molecule has 0 radical (unpaired) electrons. The first-order valence-corrected chi connectivity index (χ1v) is 8.09. The lowest BCUT2D eigenvalue weighted by molar-refractivity contribution is -0.132. The molecule has 1 aromatic rings. The first kappa shape index (κ1) is 15.1. The van der Waals surface area contributed by atoms with Crippen molar-refractivity contribution in [2.45, 2.75) is 51.0 Å². The van der Waals surface area contributed by atoms with Crippen LogP contribution in [0.2, 0.25) is 0 Å². The van der Waals surface area contributed by atoms with Crippen LogP contribution in [0.15, 0.2) is 4.52 Å². The van der Waals surface area contributed by atoms with Crippen LogP contribution in [0.25, 0.3) is 0 Å². The van der Waals surface area contributed by atoms with E-state index in [-0.39, 0.29) is 17.9 Å². The van der Waals surface area contributed by atoms with E-state index in [1.807, 2.05) is 0 Å². The predicted octanol–water partition coefficient (Wildman–Crippen LogP) is 1.64. The lowest BCUT2D eigenvalue weighted by Crippen LogP contribution is -2.45. The number of carbonyl (C=O) groups excluding carboxylic acids is 2. The molecule has 1 unspecified atom stereocenters. The molecule has 1 saturated heterocycles. The minimum atomic E-state index is -0.361. The Bertz CT molecular complexity index is 579. The first-order valence-electron chi connectivity index (χ1n) is 8.09. The molecule has 0 bridgehead atoms. The Morgan fingerprint density at radius 1 is 1.18 bits per heavy atom. The van der Waals surface area contributed by atoms with Crippen molar-refractivity contribution < 1.29 is 14.1 Å². The standard InChI is InChI=1S/C16H23N3O3/c1-18(2)15(20)12-8-6-10-19(12)16(21)14-11-7-4-3-5-9-13(11)22-17-14/h12H,3-10H2,1-2H3. The monoisotopic (exact) mass is 305 g/mol. The van der Waals surface area contributed by atoms with E-state index in [4.69, 9.17) is 4.52 Å². The summed E-state index contributed by atoms with van der Waals surface area (Å²) in [6.45, 7) is 0.616. The number of fused-ring (bicyclic) bond motifs is 1. The number of likely N-dealkylation sites (tertiary alicyclic amines) is 1. The summed E-state index contributed by atoms with van der Waals surface area (Å²) in [7, 11) is 3.46. The van der Waals surface area contributed by atoms with Gasteiger partial charge in [-0.1, -0.05) is 11.6 Å². The average Bonchev–Trinajstić information content (AvgIpc) is 3.07. The van der Waals surface area contributed by atoms with E-state index < -0.39 is 0 Å². The highest BCUT2D eigenvalue weighted by Crippen LogP contribution is 2.27. The van der Waals surface area contributed by atoms with E-state index >= 15 is 0 Å². The van der Waals surface area contributed by atoms with Gasteiger partial charge in [0, 0.05) is 32.6 Å². The summed E-state index contributed by atoms with van der Waals surface area (Å²) < 4.78 is 5.40. The lowest BCUT2D eigenvalue weighted by atomic mass is 10.1. The second-order valence-corrected chi connectivity index (χ2v) is 6.38. The van der Waals surface area contributed by atoms with Crippen LogP contribution < -0.4 is 0 Å². The van der Waals surface area contributed by atoms with Crippen molar-refractivity contribution in [3.8, 4) is 0 Å². The molecule has 6 nitrogen and oxygen atoms in total. The minimum absolute atomic E-state index is 0.0135. The number of likely N-dealkylation sites (N-methyl/N-ethyl adjacent to an activating group) is 1. The Hall–Kier alpha value is -1.85. The molecule has 6 heteroatoms. The van der Waals surface area contributed by atoms with E-state index in [1.54, 1.807) is 23.9 Å². The van der Waals surface area contributed by atoms with E-state index in [0.717, 1.165) is 56.3 Å². The molecule has 2 amide bonds. The predicted molar refractivity (Wildman–Crippen MR) is 80.5 cm³/mol. The van der Waals surface area contributed by atoms with Gasteiger partial charge in [0.05, 0.1) is 0 Å². The minimum Gasteiger partial charge on any atom is -0.360 e. The summed E-state index contributed by atoms with van der Waals surface area (Å²) in [4.78, 5) is 28.4. The van der Waals surface area contributed by atoms with Gasteiger partial charge in [0.25, 0.3) is 5.91 Å². The largest absolute Gasteiger partial charge is 0.360 e. The van der Waals surface area contributed by atoms with Gasteiger partial charge in [-0.05, 0) is 32.1 Å². The quantitative estimate of drug-likeness (QED) is 0.779. The molecule has 0 aromatic carbocycles. The van der Waals surface area contributed by atoms with Crippen molar-refractivity contribution in [3.63, 3.8) is 0 Å². The highest BCUT2D eigenvalue weighted by molar-refractivity contribution is 5.97. The third kappa shape index (κ3) is 2.62. The van der Waals surface area contributed by atoms with Crippen molar-refractivity contribution >= 4 is 11.8 Å². The van der Waals surface area contributed by atoms with Crippen molar-refractivity contribution in [1.82, 2.24) is 15.0 Å². The number of aryl methyl sites for hydroxylation is 1. The van der Waals surface area contributed by atoms with Crippen LogP contribution in [0.3, 0.4) is 0 Å². The maximum absolute atomic E-state index is 12.9. The van der Waals surface area contributed by atoms with Crippen molar-refractivity contribution in [2.24, 2.45) is 0 Å². The summed E-state index contributed by atoms with van der Waals surface area (Å²) in [5.74, 6) is 0.695. The van der Waals surface area contributed by atoms with Crippen LogP contribution in [0.1, 0.15) is 53.9 Å². The highest BCUT2D eigenvalue weighted by Gasteiger charge is 2.37. The Morgan fingerprint density at radius 2 is 1.95 bits per heavy atom. The summed E-state index contributed by atoms with van der Waals surface area (Å²) in [6.07, 6.45) is 6.59. The lowest BCUT2D eigenvalue weighted by Gasteiger charge is -2.25. The van der Waals surface area contributed by atoms with Crippen molar-refractivity contribution in [3.05, 3.63) is 17.0 Å². The fourth-order valence-electron chi connectivity index (χ4n) is 3.43. The van der Waals surface area contributed by atoms with E-state index in [2.05, 4.69) is 5.16 Å². The normalized spacial score (nSPS) is 21.4. The summed E-state index contributed by atoms with van der Waals surface area (Å²) in [5, 5.41) is 4.03. The van der Waals surface area contributed by atoms with Gasteiger partial charge in [0.1, 0.15) is 11.8 Å². The molecule has 0 saturated carbocycles. The molecule has 0 spiro atoms. The molecule has 1 aliphatic heterocycles. The van der Waals surface area contributed by atoms with Crippen LogP contribution >= 0.6 is 0 Å². The Morgan fingerprint density at radius 3 is 2.73 bits per heavy atom.